The van der Waals surface area contributed by atoms with Crippen LogP contribution >= 0.6 is 0 Å². The number of benzene rings is 1. The number of nitrogens with zero attached hydrogens (tertiary/aromatic N) is 1. The first kappa shape index (κ1) is 14.1. The van der Waals surface area contributed by atoms with E-state index in [2.05, 4.69) is 37.4 Å². The lowest BCUT2D eigenvalue weighted by molar-refractivity contribution is -0.150. The fourth-order valence-electron chi connectivity index (χ4n) is 3.40. The minimum Gasteiger partial charge on any atom is -0.340 e. The van der Waals surface area contributed by atoms with E-state index in [1.165, 1.54) is 11.1 Å². The highest BCUT2D eigenvalue weighted by atomic mass is 16.2. The van der Waals surface area contributed by atoms with Crippen LogP contribution in [0.3, 0.4) is 0 Å². The number of carbonyl (C=O) groups excluding carboxylic acids is 2. The van der Waals surface area contributed by atoms with Crippen LogP contribution in [0.5, 0.6) is 0 Å². The molecule has 4 nitrogen and oxygen atoms in total. The fourth-order valence-corrected chi connectivity index (χ4v) is 3.40. The normalized spacial score (nSPS) is 26.0. The molecule has 2 fully saturated rings. The third-order valence-electron chi connectivity index (χ3n) is 4.51. The summed E-state index contributed by atoms with van der Waals surface area (Å²) in [7, 11) is 0. The molecule has 2 amide bonds. The van der Waals surface area contributed by atoms with Crippen molar-refractivity contribution in [3.05, 3.63) is 34.9 Å². The number of amides is 2. The summed E-state index contributed by atoms with van der Waals surface area (Å²) < 4.78 is 0. The lowest BCUT2D eigenvalue weighted by atomic mass is 9.91. The second-order valence-electron chi connectivity index (χ2n) is 6.68. The van der Waals surface area contributed by atoms with Gasteiger partial charge in [-0.3, -0.25) is 9.59 Å². The molecule has 1 saturated heterocycles. The number of hydrogen-bond acceptors (Lipinski definition) is 2. The molecule has 1 atom stereocenters. The van der Waals surface area contributed by atoms with Gasteiger partial charge >= 0.3 is 0 Å². The largest absolute Gasteiger partial charge is 0.340 e. The summed E-state index contributed by atoms with van der Waals surface area (Å²) in [6.45, 7) is 6.65. The molecule has 0 radical (unpaired) electrons. The molecular formula is C17H22N2O2. The van der Waals surface area contributed by atoms with E-state index in [1.54, 1.807) is 4.90 Å². The van der Waals surface area contributed by atoms with E-state index in [0.717, 1.165) is 18.4 Å². The van der Waals surface area contributed by atoms with Gasteiger partial charge < -0.3 is 10.2 Å². The Kier molecular flexibility index (Phi) is 3.27. The molecule has 1 aliphatic heterocycles. The van der Waals surface area contributed by atoms with Crippen LogP contribution in [0, 0.1) is 19.8 Å². The molecule has 1 heterocycles. The van der Waals surface area contributed by atoms with Crippen LogP contribution in [-0.4, -0.2) is 28.8 Å². The van der Waals surface area contributed by atoms with Crippen LogP contribution in [0.25, 0.3) is 0 Å². The number of rotatable bonds is 3. The highest BCUT2D eigenvalue weighted by molar-refractivity contribution is 5.98. The minimum atomic E-state index is -0.700. The smallest absolute Gasteiger partial charge is 0.249 e. The zero-order valence-electron chi connectivity index (χ0n) is 12.9. The molecule has 112 valence electrons. The zero-order valence-corrected chi connectivity index (χ0v) is 12.9. The van der Waals surface area contributed by atoms with Gasteiger partial charge in [-0.1, -0.05) is 29.3 Å². The van der Waals surface area contributed by atoms with E-state index < -0.39 is 5.54 Å². The number of nitrogens with one attached hydrogen (secondary N) is 1. The van der Waals surface area contributed by atoms with Crippen molar-refractivity contribution in [3.8, 4) is 0 Å². The quantitative estimate of drug-likeness (QED) is 0.923. The first-order valence-corrected chi connectivity index (χ1v) is 7.56. The molecule has 1 aliphatic carbocycles. The van der Waals surface area contributed by atoms with E-state index in [0.29, 0.717) is 12.5 Å². The van der Waals surface area contributed by atoms with E-state index in [9.17, 15) is 9.59 Å². The van der Waals surface area contributed by atoms with Gasteiger partial charge in [-0.05, 0) is 45.1 Å². The number of aryl methyl sites for hydroxylation is 2. The molecule has 1 aromatic carbocycles. The first-order chi connectivity index (χ1) is 9.88. The van der Waals surface area contributed by atoms with E-state index in [1.807, 2.05) is 6.92 Å². The Balaban J connectivity index is 1.83. The van der Waals surface area contributed by atoms with Crippen LogP contribution in [-0.2, 0) is 16.1 Å². The number of carbonyl (C=O) groups is 2. The van der Waals surface area contributed by atoms with Crippen molar-refractivity contribution < 1.29 is 9.59 Å². The average Bonchev–Trinajstić information content (AvgIpc) is 3.18. The van der Waals surface area contributed by atoms with Gasteiger partial charge in [-0.15, -0.1) is 0 Å². The van der Waals surface area contributed by atoms with Crippen molar-refractivity contribution in [2.75, 3.05) is 6.54 Å². The molecule has 0 bridgehead atoms. The Labute approximate surface area is 125 Å². The third-order valence-corrected chi connectivity index (χ3v) is 4.51. The summed E-state index contributed by atoms with van der Waals surface area (Å²) in [6, 6.07) is 6.28. The Bertz CT molecular complexity index is 587. The van der Waals surface area contributed by atoms with Crippen LogP contribution < -0.4 is 5.32 Å². The van der Waals surface area contributed by atoms with Crippen molar-refractivity contribution in [1.82, 2.24) is 10.2 Å². The van der Waals surface area contributed by atoms with Gasteiger partial charge in [0.05, 0.1) is 6.54 Å². The Hall–Kier alpha value is -1.84. The maximum atomic E-state index is 12.8. The average molecular weight is 286 g/mol. The van der Waals surface area contributed by atoms with Gasteiger partial charge in [0.15, 0.2) is 0 Å². The zero-order chi connectivity index (χ0) is 15.2. The second kappa shape index (κ2) is 4.86. The maximum absolute atomic E-state index is 12.8. The van der Waals surface area contributed by atoms with Crippen LogP contribution in [0.4, 0.5) is 0 Å². The molecule has 3 rings (SSSR count). The minimum absolute atomic E-state index is 0.0478. The van der Waals surface area contributed by atoms with Crippen molar-refractivity contribution in [2.24, 2.45) is 5.92 Å². The molecule has 1 N–H and O–H groups in total. The van der Waals surface area contributed by atoms with Crippen molar-refractivity contribution >= 4 is 11.8 Å². The molecule has 2 aliphatic rings. The van der Waals surface area contributed by atoms with E-state index in [-0.39, 0.29) is 18.4 Å². The lowest BCUT2D eigenvalue weighted by Crippen LogP contribution is -2.66. The van der Waals surface area contributed by atoms with Crippen molar-refractivity contribution in [2.45, 2.75) is 45.7 Å². The molecule has 4 heteroatoms. The molecular weight excluding hydrogens is 264 g/mol. The van der Waals surface area contributed by atoms with E-state index in [4.69, 9.17) is 0 Å². The number of hydrogen-bond donors (Lipinski definition) is 1. The first-order valence-electron chi connectivity index (χ1n) is 7.56. The summed E-state index contributed by atoms with van der Waals surface area (Å²) >= 11 is 0. The molecule has 1 unspecified atom stereocenters. The molecule has 0 spiro atoms. The van der Waals surface area contributed by atoms with Gasteiger partial charge in [-0.25, -0.2) is 0 Å². The van der Waals surface area contributed by atoms with Crippen LogP contribution in [0.2, 0.25) is 0 Å². The fraction of sp³-hybridized carbons (Fsp3) is 0.529. The third kappa shape index (κ3) is 2.67. The molecule has 0 aromatic heterocycles. The lowest BCUT2D eigenvalue weighted by Gasteiger charge is -2.40. The number of piperazine rings is 1. The van der Waals surface area contributed by atoms with Gasteiger partial charge in [0.1, 0.15) is 5.54 Å². The monoisotopic (exact) mass is 286 g/mol. The van der Waals surface area contributed by atoms with Gasteiger partial charge in [0.25, 0.3) is 0 Å². The predicted molar refractivity (Wildman–Crippen MR) is 80.6 cm³/mol. The SMILES string of the molecule is Cc1cc(C)cc(CN2CC(=O)NC(C)(C3CC3)C2=O)c1. The highest BCUT2D eigenvalue weighted by Crippen LogP contribution is 2.41. The maximum Gasteiger partial charge on any atom is 0.249 e. The highest BCUT2D eigenvalue weighted by Gasteiger charge is 2.52. The molecule has 1 saturated carbocycles. The van der Waals surface area contributed by atoms with E-state index >= 15 is 0 Å². The Morgan fingerprint density at radius 2 is 1.81 bits per heavy atom. The van der Waals surface area contributed by atoms with Crippen LogP contribution in [0.1, 0.15) is 36.5 Å². The summed E-state index contributed by atoms with van der Waals surface area (Å²) in [5.74, 6) is 0.313. The Morgan fingerprint density at radius 1 is 1.19 bits per heavy atom. The van der Waals surface area contributed by atoms with Crippen LogP contribution in [0.15, 0.2) is 18.2 Å². The summed E-state index contributed by atoms with van der Waals surface area (Å²) in [6.07, 6.45) is 2.06. The van der Waals surface area contributed by atoms with Gasteiger partial charge in [-0.2, -0.15) is 0 Å². The van der Waals surface area contributed by atoms with Crippen molar-refractivity contribution in [3.63, 3.8) is 0 Å². The Morgan fingerprint density at radius 3 is 2.38 bits per heavy atom. The molecule has 1 aromatic rings. The summed E-state index contributed by atoms with van der Waals surface area (Å²) in [4.78, 5) is 26.4. The van der Waals surface area contributed by atoms with Gasteiger partial charge in [0, 0.05) is 6.54 Å². The van der Waals surface area contributed by atoms with Gasteiger partial charge in [0.2, 0.25) is 11.8 Å². The standard InChI is InChI=1S/C17H22N2O2/c1-11-6-12(2)8-13(7-11)9-19-10-15(20)18-17(3,16(19)21)14-4-5-14/h6-8,14H,4-5,9-10H2,1-3H3,(H,18,20). The topological polar surface area (TPSA) is 49.4 Å². The van der Waals surface area contributed by atoms with Crippen molar-refractivity contribution in [1.29, 1.82) is 0 Å². The molecule has 21 heavy (non-hydrogen) atoms. The second-order valence-corrected chi connectivity index (χ2v) is 6.68. The summed E-state index contributed by atoms with van der Waals surface area (Å²) in [5, 5.41) is 2.91. The predicted octanol–water partition coefficient (Wildman–Crippen LogP) is 1.93. The summed E-state index contributed by atoms with van der Waals surface area (Å²) in [5.41, 5.74) is 2.76.